The Kier molecular flexibility index (Phi) is 4.73. The van der Waals surface area contributed by atoms with E-state index in [4.69, 9.17) is 4.74 Å². The number of aryl methyl sites for hydroxylation is 1. The summed E-state index contributed by atoms with van der Waals surface area (Å²) >= 11 is 0. The Hall–Kier alpha value is -1.31. The van der Waals surface area contributed by atoms with Crippen molar-refractivity contribution in [2.24, 2.45) is 5.41 Å². The zero-order chi connectivity index (χ0) is 12.9. The van der Waals surface area contributed by atoms with Gasteiger partial charge in [0.15, 0.2) is 0 Å². The molecule has 0 N–H and O–H groups in total. The molecule has 0 aromatic heterocycles. The van der Waals surface area contributed by atoms with E-state index in [0.717, 1.165) is 18.6 Å². The van der Waals surface area contributed by atoms with E-state index in [9.17, 15) is 4.79 Å². The summed E-state index contributed by atoms with van der Waals surface area (Å²) < 4.78 is 5.10. The molecule has 17 heavy (non-hydrogen) atoms. The Morgan fingerprint density at radius 1 is 1.18 bits per heavy atom. The van der Waals surface area contributed by atoms with Crippen molar-refractivity contribution in [2.45, 2.75) is 40.0 Å². The van der Waals surface area contributed by atoms with Crippen LogP contribution in [0.3, 0.4) is 0 Å². The molecule has 0 fully saturated rings. The third kappa shape index (κ3) is 4.59. The van der Waals surface area contributed by atoms with Gasteiger partial charge in [0, 0.05) is 11.8 Å². The lowest BCUT2D eigenvalue weighted by Gasteiger charge is -2.16. The number of ether oxygens (including phenoxy) is 1. The second-order valence-corrected chi connectivity index (χ2v) is 5.37. The minimum Gasteiger partial charge on any atom is -0.497 e. The highest BCUT2D eigenvalue weighted by atomic mass is 16.5. The molecule has 0 atom stereocenters. The van der Waals surface area contributed by atoms with Gasteiger partial charge in [-0.15, -0.1) is 0 Å². The lowest BCUT2D eigenvalue weighted by atomic mass is 9.87. The molecule has 0 saturated carbocycles. The largest absolute Gasteiger partial charge is 0.497 e. The zero-order valence-electron chi connectivity index (χ0n) is 11.2. The molecular formula is C15H22O2. The fourth-order valence-electron chi connectivity index (χ4n) is 1.62. The third-order valence-electron chi connectivity index (χ3n) is 2.86. The SMILES string of the molecule is COc1ccc(CCCC(=O)C(C)(C)C)cc1. The van der Waals surface area contributed by atoms with Crippen LogP contribution in [0.4, 0.5) is 0 Å². The van der Waals surface area contributed by atoms with Crippen molar-refractivity contribution in [1.82, 2.24) is 0 Å². The van der Waals surface area contributed by atoms with Gasteiger partial charge in [-0.2, -0.15) is 0 Å². The molecule has 0 radical (unpaired) electrons. The summed E-state index contributed by atoms with van der Waals surface area (Å²) in [6, 6.07) is 8.03. The number of ketones is 1. The van der Waals surface area contributed by atoms with Gasteiger partial charge in [-0.05, 0) is 30.5 Å². The average molecular weight is 234 g/mol. The molecule has 1 aromatic rings. The van der Waals surface area contributed by atoms with Gasteiger partial charge >= 0.3 is 0 Å². The maximum atomic E-state index is 11.7. The van der Waals surface area contributed by atoms with Gasteiger partial charge in [-0.25, -0.2) is 0 Å². The first kappa shape index (κ1) is 13.8. The maximum absolute atomic E-state index is 11.7. The first-order chi connectivity index (χ1) is 7.93. The Morgan fingerprint density at radius 3 is 2.24 bits per heavy atom. The minimum atomic E-state index is -0.208. The number of Topliss-reactive ketones (excluding diaryl/α,β-unsaturated/α-hetero) is 1. The van der Waals surface area contributed by atoms with E-state index in [-0.39, 0.29) is 5.41 Å². The van der Waals surface area contributed by atoms with Crippen LogP contribution in [0.5, 0.6) is 5.75 Å². The molecule has 0 bridgehead atoms. The summed E-state index contributed by atoms with van der Waals surface area (Å²) in [7, 11) is 1.66. The van der Waals surface area contributed by atoms with Crippen molar-refractivity contribution in [3.05, 3.63) is 29.8 Å². The van der Waals surface area contributed by atoms with Crippen LogP contribution in [-0.2, 0) is 11.2 Å². The Balaban J connectivity index is 2.38. The molecule has 1 aromatic carbocycles. The average Bonchev–Trinajstić information content (AvgIpc) is 2.28. The van der Waals surface area contributed by atoms with Crippen molar-refractivity contribution >= 4 is 5.78 Å². The summed E-state index contributed by atoms with van der Waals surface area (Å²) in [4.78, 5) is 11.7. The van der Waals surface area contributed by atoms with E-state index in [2.05, 4.69) is 12.1 Å². The summed E-state index contributed by atoms with van der Waals surface area (Å²) in [6.07, 6.45) is 2.53. The molecule has 0 unspecified atom stereocenters. The van der Waals surface area contributed by atoms with Gasteiger partial charge in [0.1, 0.15) is 11.5 Å². The van der Waals surface area contributed by atoms with E-state index < -0.39 is 0 Å². The second kappa shape index (κ2) is 5.85. The minimum absolute atomic E-state index is 0.208. The first-order valence-corrected chi connectivity index (χ1v) is 6.09. The number of hydrogen-bond donors (Lipinski definition) is 0. The number of carbonyl (C=O) groups is 1. The molecule has 2 nitrogen and oxygen atoms in total. The molecule has 0 heterocycles. The number of carbonyl (C=O) groups excluding carboxylic acids is 1. The lowest BCUT2D eigenvalue weighted by molar-refractivity contribution is -0.126. The molecule has 0 amide bonds. The van der Waals surface area contributed by atoms with E-state index in [1.165, 1.54) is 5.56 Å². The van der Waals surface area contributed by atoms with Gasteiger partial charge in [0.05, 0.1) is 7.11 Å². The van der Waals surface area contributed by atoms with Crippen LogP contribution < -0.4 is 4.74 Å². The van der Waals surface area contributed by atoms with Gasteiger partial charge in [-0.3, -0.25) is 4.79 Å². The van der Waals surface area contributed by atoms with Crippen molar-refractivity contribution < 1.29 is 9.53 Å². The summed E-state index contributed by atoms with van der Waals surface area (Å²) in [5.41, 5.74) is 1.05. The van der Waals surface area contributed by atoms with Gasteiger partial charge in [0.25, 0.3) is 0 Å². The molecule has 0 spiro atoms. The lowest BCUT2D eigenvalue weighted by Crippen LogP contribution is -2.19. The smallest absolute Gasteiger partial charge is 0.138 e. The van der Waals surface area contributed by atoms with Crippen LogP contribution in [0, 0.1) is 5.41 Å². The van der Waals surface area contributed by atoms with E-state index in [0.29, 0.717) is 12.2 Å². The van der Waals surface area contributed by atoms with E-state index >= 15 is 0 Å². The summed E-state index contributed by atoms with van der Waals surface area (Å²) in [5, 5.41) is 0. The highest BCUT2D eigenvalue weighted by molar-refractivity contribution is 5.83. The van der Waals surface area contributed by atoms with Crippen molar-refractivity contribution in [2.75, 3.05) is 7.11 Å². The fraction of sp³-hybridized carbons (Fsp3) is 0.533. The van der Waals surface area contributed by atoms with Crippen molar-refractivity contribution in [1.29, 1.82) is 0 Å². The molecule has 0 saturated heterocycles. The Bertz CT molecular complexity index is 358. The van der Waals surface area contributed by atoms with Gasteiger partial charge in [-0.1, -0.05) is 32.9 Å². The molecule has 2 heteroatoms. The molecular weight excluding hydrogens is 212 g/mol. The summed E-state index contributed by atoms with van der Waals surface area (Å²) in [6.45, 7) is 5.92. The van der Waals surface area contributed by atoms with Crippen LogP contribution in [0.25, 0.3) is 0 Å². The van der Waals surface area contributed by atoms with Crippen LogP contribution in [0.2, 0.25) is 0 Å². The van der Waals surface area contributed by atoms with Crippen LogP contribution in [-0.4, -0.2) is 12.9 Å². The standard InChI is InChI=1S/C15H22O2/c1-15(2,3)14(16)7-5-6-12-8-10-13(17-4)11-9-12/h8-11H,5-7H2,1-4H3. The Labute approximate surface area is 104 Å². The number of benzene rings is 1. The van der Waals surface area contributed by atoms with Crippen molar-refractivity contribution in [3.8, 4) is 5.75 Å². The molecule has 0 aliphatic heterocycles. The molecule has 94 valence electrons. The predicted octanol–water partition coefficient (Wildman–Crippen LogP) is 3.63. The summed E-state index contributed by atoms with van der Waals surface area (Å²) in [5.74, 6) is 1.21. The van der Waals surface area contributed by atoms with Crippen LogP contribution >= 0.6 is 0 Å². The van der Waals surface area contributed by atoms with Gasteiger partial charge < -0.3 is 4.74 Å². The fourth-order valence-corrected chi connectivity index (χ4v) is 1.62. The number of methoxy groups -OCH3 is 1. The molecule has 1 rings (SSSR count). The van der Waals surface area contributed by atoms with Gasteiger partial charge in [0.2, 0.25) is 0 Å². The Morgan fingerprint density at radius 2 is 1.76 bits per heavy atom. The topological polar surface area (TPSA) is 26.3 Å². The molecule has 0 aliphatic rings. The number of hydrogen-bond acceptors (Lipinski definition) is 2. The highest BCUT2D eigenvalue weighted by Gasteiger charge is 2.19. The van der Waals surface area contributed by atoms with Crippen LogP contribution in [0.1, 0.15) is 39.2 Å². The quantitative estimate of drug-likeness (QED) is 0.777. The highest BCUT2D eigenvalue weighted by Crippen LogP contribution is 2.19. The number of rotatable bonds is 5. The normalized spacial score (nSPS) is 11.3. The maximum Gasteiger partial charge on any atom is 0.138 e. The first-order valence-electron chi connectivity index (χ1n) is 6.09. The van der Waals surface area contributed by atoms with E-state index in [1.807, 2.05) is 32.9 Å². The zero-order valence-corrected chi connectivity index (χ0v) is 11.2. The monoisotopic (exact) mass is 234 g/mol. The van der Waals surface area contributed by atoms with E-state index in [1.54, 1.807) is 7.11 Å². The molecule has 0 aliphatic carbocycles. The second-order valence-electron chi connectivity index (χ2n) is 5.37. The predicted molar refractivity (Wildman–Crippen MR) is 70.4 cm³/mol. The van der Waals surface area contributed by atoms with Crippen LogP contribution in [0.15, 0.2) is 24.3 Å². The van der Waals surface area contributed by atoms with Crippen molar-refractivity contribution in [3.63, 3.8) is 0 Å². The third-order valence-corrected chi connectivity index (χ3v) is 2.86.